The molecule has 1 saturated heterocycles. The molecule has 2 aliphatic rings. The van der Waals surface area contributed by atoms with Crippen LogP contribution in [0.1, 0.15) is 64.3 Å². The lowest BCUT2D eigenvalue weighted by Gasteiger charge is -2.32. The van der Waals surface area contributed by atoms with Gasteiger partial charge in [-0.15, -0.1) is 0 Å². The molecule has 0 spiro atoms. The second kappa shape index (κ2) is 12.3. The number of anilines is 1. The van der Waals surface area contributed by atoms with Gasteiger partial charge < -0.3 is 23.7 Å². The average molecular weight is 505 g/mol. The fraction of sp³-hybridized carbons (Fsp3) is 0.667. The number of aromatic nitrogens is 2. The zero-order valence-electron chi connectivity index (χ0n) is 21.8. The summed E-state index contributed by atoms with van der Waals surface area (Å²) in [5.74, 6) is 3.27. The molecule has 4 rings (SSSR count). The summed E-state index contributed by atoms with van der Waals surface area (Å²) in [7, 11) is 0. The first-order chi connectivity index (χ1) is 17.0. The molecule has 8 heteroatoms. The molecule has 1 aromatic heterocycles. The summed E-state index contributed by atoms with van der Waals surface area (Å²) in [6.07, 6.45) is 3.34. The zero-order chi connectivity index (χ0) is 24.8. The molecule has 0 radical (unpaired) electrons. The van der Waals surface area contributed by atoms with Crippen LogP contribution in [0.3, 0.4) is 0 Å². The van der Waals surface area contributed by atoms with E-state index < -0.39 is 0 Å². The molecule has 0 bridgehead atoms. The van der Waals surface area contributed by atoms with Crippen molar-refractivity contribution in [2.24, 2.45) is 5.92 Å². The van der Waals surface area contributed by atoms with Crippen molar-refractivity contribution < 1.29 is 14.2 Å². The quantitative estimate of drug-likeness (QED) is 0.399. The first kappa shape index (κ1) is 26.1. The van der Waals surface area contributed by atoms with Gasteiger partial charge in [-0.3, -0.25) is 4.90 Å². The first-order valence-electron chi connectivity index (χ1n) is 13.2. The first-order valence-corrected chi connectivity index (χ1v) is 13.6. The molecule has 2 aromatic rings. The van der Waals surface area contributed by atoms with Crippen LogP contribution >= 0.6 is 11.6 Å². The van der Waals surface area contributed by atoms with Crippen molar-refractivity contribution in [1.29, 1.82) is 0 Å². The van der Waals surface area contributed by atoms with Gasteiger partial charge in [0.1, 0.15) is 13.2 Å². The fourth-order valence-corrected chi connectivity index (χ4v) is 4.95. The Morgan fingerprint density at radius 2 is 1.80 bits per heavy atom. The van der Waals surface area contributed by atoms with Gasteiger partial charge in [0.15, 0.2) is 16.7 Å². The predicted octanol–water partition coefficient (Wildman–Crippen LogP) is 5.55. The SMILES string of the molecule is CCCCn1c(N2CCOCC2)nc(Cl)c1CN(CCC(C)C)C(C)c1ccc2c(c1)OCCO2. The van der Waals surface area contributed by atoms with Crippen LogP contribution < -0.4 is 14.4 Å². The van der Waals surface area contributed by atoms with Crippen LogP contribution in [0.15, 0.2) is 18.2 Å². The summed E-state index contributed by atoms with van der Waals surface area (Å²) < 4.78 is 19.5. The molecule has 1 aromatic carbocycles. The van der Waals surface area contributed by atoms with E-state index in [4.69, 9.17) is 30.8 Å². The lowest BCUT2D eigenvalue weighted by atomic mass is 10.0. The highest BCUT2D eigenvalue weighted by atomic mass is 35.5. The minimum atomic E-state index is 0.196. The maximum atomic E-state index is 6.85. The third-order valence-electron chi connectivity index (χ3n) is 6.98. The maximum Gasteiger partial charge on any atom is 0.207 e. The van der Waals surface area contributed by atoms with Gasteiger partial charge in [-0.05, 0) is 49.9 Å². The number of nitrogens with zero attached hydrogens (tertiary/aromatic N) is 4. The summed E-state index contributed by atoms with van der Waals surface area (Å²) in [6, 6.07) is 6.53. The van der Waals surface area contributed by atoms with Crippen LogP contribution in [0.2, 0.25) is 5.15 Å². The van der Waals surface area contributed by atoms with Crippen molar-refractivity contribution in [3.8, 4) is 11.5 Å². The Hall–Kier alpha value is -1.96. The molecular weight excluding hydrogens is 464 g/mol. The summed E-state index contributed by atoms with van der Waals surface area (Å²) in [5.41, 5.74) is 2.33. The van der Waals surface area contributed by atoms with Crippen LogP contribution in [0.25, 0.3) is 0 Å². The molecule has 7 nitrogen and oxygen atoms in total. The number of rotatable bonds is 11. The predicted molar refractivity (Wildman–Crippen MR) is 141 cm³/mol. The number of morpholine rings is 1. The smallest absolute Gasteiger partial charge is 0.207 e. The number of hydrogen-bond acceptors (Lipinski definition) is 6. The van der Waals surface area contributed by atoms with Crippen LogP contribution in [0.5, 0.6) is 11.5 Å². The fourth-order valence-electron chi connectivity index (χ4n) is 4.71. The number of benzene rings is 1. The maximum absolute atomic E-state index is 6.85. The Kier molecular flexibility index (Phi) is 9.20. The molecule has 0 aliphatic carbocycles. The molecule has 1 atom stereocenters. The van der Waals surface area contributed by atoms with Crippen LogP contribution in [-0.4, -0.2) is 60.5 Å². The largest absolute Gasteiger partial charge is 0.486 e. The van der Waals surface area contributed by atoms with Gasteiger partial charge in [0.25, 0.3) is 0 Å². The second-order valence-corrected chi connectivity index (χ2v) is 10.3. The normalized spacial score (nSPS) is 16.8. The molecule has 35 heavy (non-hydrogen) atoms. The van der Waals surface area contributed by atoms with E-state index in [0.29, 0.717) is 24.3 Å². The summed E-state index contributed by atoms with van der Waals surface area (Å²) in [5, 5.41) is 0.617. The highest BCUT2D eigenvalue weighted by molar-refractivity contribution is 6.30. The molecule has 0 saturated carbocycles. The Morgan fingerprint density at radius 3 is 2.51 bits per heavy atom. The van der Waals surface area contributed by atoms with E-state index in [2.05, 4.69) is 54.2 Å². The highest BCUT2D eigenvalue weighted by Crippen LogP contribution is 2.35. The monoisotopic (exact) mass is 504 g/mol. The number of imidazole rings is 1. The Labute approximate surface area is 215 Å². The van der Waals surface area contributed by atoms with Crippen molar-refractivity contribution in [3.63, 3.8) is 0 Å². The van der Waals surface area contributed by atoms with E-state index in [-0.39, 0.29) is 6.04 Å². The third kappa shape index (κ3) is 6.43. The molecule has 1 fully saturated rings. The van der Waals surface area contributed by atoms with Crippen LogP contribution in [0.4, 0.5) is 5.95 Å². The minimum absolute atomic E-state index is 0.196. The summed E-state index contributed by atoms with van der Waals surface area (Å²) in [4.78, 5) is 9.71. The lowest BCUT2D eigenvalue weighted by Crippen LogP contribution is -2.38. The highest BCUT2D eigenvalue weighted by Gasteiger charge is 2.26. The van der Waals surface area contributed by atoms with E-state index in [1.54, 1.807) is 0 Å². The molecule has 0 amide bonds. The van der Waals surface area contributed by atoms with Crippen LogP contribution in [-0.2, 0) is 17.8 Å². The standard InChI is InChI=1S/C27H41ClN4O3/c1-5-6-10-32-23(26(28)29-27(32)30-12-14-33-15-13-30)19-31(11-9-20(2)3)21(4)22-7-8-24-25(18-22)35-17-16-34-24/h7-8,18,20-21H,5-6,9-17,19H2,1-4H3. The van der Waals surface area contributed by atoms with Crippen molar-refractivity contribution in [2.75, 3.05) is 51.0 Å². The van der Waals surface area contributed by atoms with Gasteiger partial charge in [-0.2, -0.15) is 0 Å². The van der Waals surface area contributed by atoms with Gasteiger partial charge in [-0.1, -0.05) is 44.9 Å². The topological polar surface area (TPSA) is 52.0 Å². The van der Waals surface area contributed by atoms with E-state index in [0.717, 1.165) is 88.3 Å². The summed E-state index contributed by atoms with van der Waals surface area (Å²) in [6.45, 7) is 16.1. The number of hydrogen-bond donors (Lipinski definition) is 0. The van der Waals surface area contributed by atoms with E-state index >= 15 is 0 Å². The number of halogens is 1. The molecule has 0 N–H and O–H groups in total. The summed E-state index contributed by atoms with van der Waals surface area (Å²) >= 11 is 6.85. The third-order valence-corrected chi connectivity index (χ3v) is 7.28. The van der Waals surface area contributed by atoms with Crippen molar-refractivity contribution in [2.45, 2.75) is 66.1 Å². The molecule has 194 valence electrons. The van der Waals surface area contributed by atoms with Crippen molar-refractivity contribution in [1.82, 2.24) is 14.5 Å². The minimum Gasteiger partial charge on any atom is -0.486 e. The van der Waals surface area contributed by atoms with E-state index in [1.165, 1.54) is 5.56 Å². The number of fused-ring (bicyclic) bond motifs is 1. The molecular formula is C27H41ClN4O3. The number of unbranched alkanes of at least 4 members (excludes halogenated alkanes) is 1. The van der Waals surface area contributed by atoms with Gasteiger partial charge in [0, 0.05) is 32.2 Å². The van der Waals surface area contributed by atoms with Gasteiger partial charge in [0.05, 0.1) is 18.9 Å². The lowest BCUT2D eigenvalue weighted by molar-refractivity contribution is 0.121. The van der Waals surface area contributed by atoms with Gasteiger partial charge in [0.2, 0.25) is 5.95 Å². The zero-order valence-corrected chi connectivity index (χ0v) is 22.5. The molecule has 1 unspecified atom stereocenters. The van der Waals surface area contributed by atoms with E-state index in [9.17, 15) is 0 Å². The van der Waals surface area contributed by atoms with E-state index in [1.807, 2.05) is 6.07 Å². The van der Waals surface area contributed by atoms with Crippen molar-refractivity contribution in [3.05, 3.63) is 34.6 Å². The van der Waals surface area contributed by atoms with Crippen LogP contribution in [0, 0.1) is 5.92 Å². The Balaban J connectivity index is 1.62. The molecule has 2 aliphatic heterocycles. The Morgan fingerprint density at radius 1 is 1.06 bits per heavy atom. The average Bonchev–Trinajstić information content (AvgIpc) is 3.19. The van der Waals surface area contributed by atoms with Gasteiger partial charge in [-0.25, -0.2) is 4.98 Å². The second-order valence-electron chi connectivity index (χ2n) is 9.99. The number of ether oxygens (including phenoxy) is 3. The Bertz CT molecular complexity index is 958. The molecule has 3 heterocycles. The van der Waals surface area contributed by atoms with Gasteiger partial charge >= 0.3 is 0 Å². The van der Waals surface area contributed by atoms with Crippen molar-refractivity contribution >= 4 is 17.5 Å².